The highest BCUT2D eigenvalue weighted by Crippen LogP contribution is 2.58. The molecule has 1 heterocycles. The third kappa shape index (κ3) is 12.0. The predicted molar refractivity (Wildman–Crippen MR) is 221 cm³/mol. The summed E-state index contributed by atoms with van der Waals surface area (Å²) in [4.78, 5) is 53.6. The Morgan fingerprint density at radius 1 is 0.793 bits per heavy atom. The number of hydrogen-bond acceptors (Lipinski definition) is 13. The third-order valence-electron chi connectivity index (χ3n) is 9.30. The molecule has 322 valence electrons. The minimum absolute atomic E-state index is 0.00742. The Hall–Kier alpha value is -3.53. The molecule has 2 aromatic rings. The molecule has 16 heteroatoms. The number of benzene rings is 2. The molecule has 1 saturated heterocycles. The SMILES string of the molecule is COCCO[C@@H]1[C@H](O[Si](c2ccccc2)(c2ccccc2)C(C)(C)C)[C@@H]([C@H](OC(C)=O)[C@@H](OC(C)=O)P(=O)(OC(C)C)OC(C)C)O[C@H]1N(/C=C(/C)C(C)=O)C(C)=O. The molecular formula is C42H62NO13PSi. The second-order valence-corrected chi connectivity index (χ2v) is 22.0. The van der Waals surface area contributed by atoms with Crippen LogP contribution in [0.1, 0.15) is 83.1 Å². The number of ketones is 1. The van der Waals surface area contributed by atoms with Crippen molar-refractivity contribution in [3.8, 4) is 0 Å². The predicted octanol–water partition coefficient (Wildman–Crippen LogP) is 5.89. The van der Waals surface area contributed by atoms with Crippen molar-refractivity contribution in [2.45, 2.75) is 137 Å². The second kappa shape index (κ2) is 21.1. The summed E-state index contributed by atoms with van der Waals surface area (Å²) < 4.78 is 65.5. The maximum absolute atomic E-state index is 15.1. The van der Waals surface area contributed by atoms with Crippen molar-refractivity contribution in [3.63, 3.8) is 0 Å². The van der Waals surface area contributed by atoms with Crippen LogP contribution in [-0.4, -0.2) is 106 Å². The van der Waals surface area contributed by atoms with E-state index < -0.39 is 87.5 Å². The number of carbonyl (C=O) groups is 4. The van der Waals surface area contributed by atoms with Crippen molar-refractivity contribution in [1.29, 1.82) is 0 Å². The summed E-state index contributed by atoms with van der Waals surface area (Å²) in [5, 5.41) is 1.13. The van der Waals surface area contributed by atoms with Gasteiger partial charge in [0.05, 0.1) is 25.4 Å². The molecule has 0 spiro atoms. The van der Waals surface area contributed by atoms with Gasteiger partial charge in [0.25, 0.3) is 8.32 Å². The smallest absolute Gasteiger partial charge is 0.375 e. The van der Waals surface area contributed by atoms with Gasteiger partial charge in [-0.2, -0.15) is 0 Å². The summed E-state index contributed by atoms with van der Waals surface area (Å²) in [6, 6.07) is 19.4. The van der Waals surface area contributed by atoms with Crippen molar-refractivity contribution >= 4 is 49.9 Å². The van der Waals surface area contributed by atoms with Gasteiger partial charge in [-0.3, -0.25) is 28.6 Å². The van der Waals surface area contributed by atoms with Crippen molar-refractivity contribution in [1.82, 2.24) is 4.90 Å². The van der Waals surface area contributed by atoms with Crippen LogP contribution in [0.2, 0.25) is 5.04 Å². The minimum Gasteiger partial charge on any atom is -0.455 e. The average molecular weight is 848 g/mol. The van der Waals surface area contributed by atoms with E-state index in [4.69, 9.17) is 37.2 Å². The van der Waals surface area contributed by atoms with E-state index in [0.29, 0.717) is 0 Å². The van der Waals surface area contributed by atoms with E-state index in [0.717, 1.165) is 24.2 Å². The van der Waals surface area contributed by atoms with Gasteiger partial charge in [0.1, 0.15) is 18.3 Å². The highest BCUT2D eigenvalue weighted by molar-refractivity contribution is 7.54. The van der Waals surface area contributed by atoms with Crippen molar-refractivity contribution in [2.24, 2.45) is 0 Å². The molecule has 0 bridgehead atoms. The Kier molecular flexibility index (Phi) is 17.8. The highest BCUT2D eigenvalue weighted by atomic mass is 31.2. The zero-order chi connectivity index (χ0) is 43.6. The van der Waals surface area contributed by atoms with Gasteiger partial charge in [0.15, 0.2) is 18.1 Å². The molecule has 0 N–H and O–H groups in total. The van der Waals surface area contributed by atoms with Crippen LogP contribution in [0.25, 0.3) is 0 Å². The molecule has 14 nitrogen and oxygen atoms in total. The zero-order valence-corrected chi connectivity index (χ0v) is 38.0. The summed E-state index contributed by atoms with van der Waals surface area (Å²) in [7, 11) is -6.65. The van der Waals surface area contributed by atoms with E-state index in [-0.39, 0.29) is 24.6 Å². The van der Waals surface area contributed by atoms with Gasteiger partial charge in [-0.05, 0) is 57.0 Å². The van der Waals surface area contributed by atoms with Gasteiger partial charge < -0.3 is 37.2 Å². The summed E-state index contributed by atoms with van der Waals surface area (Å²) >= 11 is 0. The largest absolute Gasteiger partial charge is 0.455 e. The standard InChI is InChI=1S/C42H62NO13PSi/c1-27(2)54-57(48,55-28(3)4)41(52-33(9)47)39(51-32(8)46)36-37(38(50-25-24-49-13)40(53-36)43(31(7)45)26-29(5)30(6)44)56-58(42(10,11)12,34-20-16-14-17-21-34)35-22-18-15-19-23-35/h14-23,26-28,36-41H,24-25H2,1-13H3/b29-26-/t36-,37+,38+,39-,40+,41-/m0/s1. The fourth-order valence-electron chi connectivity index (χ4n) is 6.96. The van der Waals surface area contributed by atoms with Crippen LogP contribution >= 0.6 is 7.60 Å². The number of carbonyl (C=O) groups excluding carboxylic acids is 4. The maximum atomic E-state index is 15.1. The highest BCUT2D eigenvalue weighted by Gasteiger charge is 2.63. The first-order valence-corrected chi connectivity index (χ1v) is 23.0. The lowest BCUT2D eigenvalue weighted by Crippen LogP contribution is -2.70. The first-order valence-electron chi connectivity index (χ1n) is 19.4. The first kappa shape index (κ1) is 48.8. The summed E-state index contributed by atoms with van der Waals surface area (Å²) in [5.74, 6) is -4.44. The lowest BCUT2D eigenvalue weighted by molar-refractivity contribution is -0.180. The molecule has 0 radical (unpaired) electrons. The van der Waals surface area contributed by atoms with E-state index >= 15 is 4.57 Å². The van der Waals surface area contributed by atoms with Gasteiger partial charge in [-0.25, -0.2) is 0 Å². The molecule has 3 rings (SSSR count). The van der Waals surface area contributed by atoms with Gasteiger partial charge in [-0.15, -0.1) is 0 Å². The van der Waals surface area contributed by atoms with Crippen molar-refractivity contribution in [2.75, 3.05) is 20.3 Å². The number of rotatable bonds is 20. The summed E-state index contributed by atoms with van der Waals surface area (Å²) in [5.41, 5.74) is 0.233. The molecule has 58 heavy (non-hydrogen) atoms. The molecule has 1 amide bonds. The Bertz CT molecular complexity index is 1710. The van der Waals surface area contributed by atoms with E-state index in [1.54, 1.807) is 34.6 Å². The van der Waals surface area contributed by atoms with Crippen LogP contribution < -0.4 is 10.4 Å². The molecule has 2 aromatic carbocycles. The summed E-state index contributed by atoms with van der Waals surface area (Å²) in [6.07, 6.45) is -7.07. The second-order valence-electron chi connectivity index (χ2n) is 15.8. The minimum atomic E-state index is -4.57. The van der Waals surface area contributed by atoms with Crippen LogP contribution in [0.5, 0.6) is 0 Å². The number of amides is 1. The Balaban J connectivity index is 2.57. The normalized spacial score (nSPS) is 20.2. The number of Topliss-reactive ketones (excluding diaryl/α,β-unsaturated/α-hetero) is 1. The van der Waals surface area contributed by atoms with Gasteiger partial charge in [0, 0.05) is 39.7 Å². The average Bonchev–Trinajstić information content (AvgIpc) is 3.46. The molecule has 0 unspecified atom stereocenters. The molecule has 0 saturated carbocycles. The van der Waals surface area contributed by atoms with E-state index in [1.165, 1.54) is 32.1 Å². The van der Waals surface area contributed by atoms with E-state index in [9.17, 15) is 19.2 Å². The maximum Gasteiger partial charge on any atom is 0.375 e. The number of methoxy groups -OCH3 is 1. The van der Waals surface area contributed by atoms with Crippen LogP contribution in [0, 0.1) is 0 Å². The topological polar surface area (TPSA) is 162 Å². The molecule has 0 aromatic heterocycles. The molecule has 1 aliphatic heterocycles. The van der Waals surface area contributed by atoms with Crippen LogP contribution in [-0.2, 0) is 60.9 Å². The van der Waals surface area contributed by atoms with Crippen LogP contribution in [0.15, 0.2) is 72.4 Å². The van der Waals surface area contributed by atoms with E-state index in [1.807, 2.05) is 60.7 Å². The third-order valence-corrected chi connectivity index (χ3v) is 16.8. The Morgan fingerprint density at radius 3 is 1.69 bits per heavy atom. The Labute approximate surface area is 344 Å². The molecule has 0 aliphatic carbocycles. The fraction of sp³-hybridized carbons (Fsp3) is 0.571. The van der Waals surface area contributed by atoms with Crippen molar-refractivity contribution < 1.29 is 60.9 Å². The monoisotopic (exact) mass is 847 g/mol. The van der Waals surface area contributed by atoms with Crippen LogP contribution in [0.3, 0.4) is 0 Å². The van der Waals surface area contributed by atoms with Gasteiger partial charge in [0.2, 0.25) is 11.8 Å². The lowest BCUT2D eigenvalue weighted by Gasteiger charge is -2.46. The fourth-order valence-corrected chi connectivity index (χ4v) is 14.0. The number of ether oxygens (including phenoxy) is 5. The van der Waals surface area contributed by atoms with Gasteiger partial charge >= 0.3 is 19.5 Å². The van der Waals surface area contributed by atoms with Gasteiger partial charge in [-0.1, -0.05) is 81.4 Å². The van der Waals surface area contributed by atoms with E-state index in [2.05, 4.69) is 20.8 Å². The number of allylic oxidation sites excluding steroid dienone is 1. The zero-order valence-electron chi connectivity index (χ0n) is 36.1. The lowest BCUT2D eigenvalue weighted by atomic mass is 10.0. The summed E-state index contributed by atoms with van der Waals surface area (Å²) in [6.45, 7) is 19.3. The quantitative estimate of drug-likeness (QED) is 0.0510. The molecule has 1 aliphatic rings. The number of esters is 2. The van der Waals surface area contributed by atoms with Crippen molar-refractivity contribution in [3.05, 3.63) is 72.4 Å². The van der Waals surface area contributed by atoms with Crippen LogP contribution in [0.4, 0.5) is 0 Å². The molecular weight excluding hydrogens is 786 g/mol. The molecule has 1 fully saturated rings. The molecule has 6 atom stereocenters. The number of nitrogens with zero attached hydrogens (tertiary/aromatic N) is 1. The first-order chi connectivity index (χ1) is 27.1. The Morgan fingerprint density at radius 2 is 1.29 bits per heavy atom. The number of hydrogen-bond donors (Lipinski definition) is 0.